The van der Waals surface area contributed by atoms with Crippen molar-refractivity contribution < 1.29 is 0 Å². The molecule has 0 aliphatic rings. The molecule has 3 rings (SSSR count). The molecule has 0 radical (unpaired) electrons. The van der Waals surface area contributed by atoms with Gasteiger partial charge in [0.25, 0.3) is 0 Å². The fourth-order valence-electron chi connectivity index (χ4n) is 1.61. The van der Waals surface area contributed by atoms with Crippen LogP contribution < -0.4 is 5.73 Å². The second-order valence-electron chi connectivity index (χ2n) is 3.31. The number of aromatic nitrogens is 4. The van der Waals surface area contributed by atoms with Crippen LogP contribution in [0.4, 0.5) is 0 Å². The number of hydrogen-bond donors (Lipinski definition) is 1. The first kappa shape index (κ1) is 9.44. The van der Waals surface area contributed by atoms with Crippen molar-refractivity contribution in [2.45, 2.75) is 6.54 Å². The number of rotatable bonds is 2. The van der Waals surface area contributed by atoms with Gasteiger partial charge in [0.05, 0.1) is 5.69 Å². The maximum Gasteiger partial charge on any atom is 0.216 e. The van der Waals surface area contributed by atoms with Crippen molar-refractivity contribution in [1.29, 1.82) is 0 Å². The van der Waals surface area contributed by atoms with Gasteiger partial charge in [-0.2, -0.15) is 0 Å². The van der Waals surface area contributed by atoms with Crippen LogP contribution in [0.5, 0.6) is 0 Å². The Bertz CT molecular complexity index is 612. The molecule has 0 amide bonds. The summed E-state index contributed by atoms with van der Waals surface area (Å²) >= 11 is 1.55. The van der Waals surface area contributed by atoms with E-state index in [-0.39, 0.29) is 0 Å². The van der Waals surface area contributed by atoms with E-state index in [1.807, 2.05) is 21.9 Å². The summed E-state index contributed by atoms with van der Waals surface area (Å²) in [6.07, 6.45) is 3.48. The van der Waals surface area contributed by atoms with Crippen LogP contribution in [0.1, 0.15) is 5.69 Å². The lowest BCUT2D eigenvalue weighted by atomic mass is 10.2. The van der Waals surface area contributed by atoms with Gasteiger partial charge in [0.2, 0.25) is 4.96 Å². The van der Waals surface area contributed by atoms with Crippen LogP contribution in [-0.4, -0.2) is 19.6 Å². The molecule has 0 fully saturated rings. The molecule has 3 aromatic heterocycles. The van der Waals surface area contributed by atoms with Gasteiger partial charge in [0, 0.05) is 29.9 Å². The molecule has 0 atom stereocenters. The van der Waals surface area contributed by atoms with E-state index in [1.54, 1.807) is 23.7 Å². The predicted octanol–water partition coefficient (Wildman–Crippen LogP) is 1.31. The van der Waals surface area contributed by atoms with Crippen LogP contribution in [0.15, 0.2) is 29.9 Å². The average molecular weight is 231 g/mol. The molecule has 3 aromatic rings. The number of fused-ring (bicyclic) bond motifs is 1. The third-order valence-corrected chi connectivity index (χ3v) is 3.23. The van der Waals surface area contributed by atoms with E-state index < -0.39 is 0 Å². The maximum atomic E-state index is 5.68. The molecule has 3 heterocycles. The number of nitrogens with two attached hydrogens (primary N) is 1. The summed E-state index contributed by atoms with van der Waals surface area (Å²) < 4.78 is 1.99. The van der Waals surface area contributed by atoms with Gasteiger partial charge in [-0.1, -0.05) is 0 Å². The first-order valence-electron chi connectivity index (χ1n) is 4.82. The molecule has 5 nitrogen and oxygen atoms in total. The van der Waals surface area contributed by atoms with Crippen LogP contribution >= 0.6 is 11.3 Å². The van der Waals surface area contributed by atoms with Crippen LogP contribution in [0.3, 0.4) is 0 Å². The van der Waals surface area contributed by atoms with E-state index in [2.05, 4.69) is 15.2 Å². The summed E-state index contributed by atoms with van der Waals surface area (Å²) in [7, 11) is 0. The van der Waals surface area contributed by atoms with Gasteiger partial charge in [0.1, 0.15) is 0 Å². The standard InChI is InChI=1S/C10H9N5S/c11-5-8-6-16-10-14-13-9(15(8)10)7-1-3-12-4-2-7/h1-4,6H,5,11H2. The Kier molecular flexibility index (Phi) is 2.16. The molecule has 0 aliphatic carbocycles. The molecular formula is C10H9N5S. The summed E-state index contributed by atoms with van der Waals surface area (Å²) in [5, 5.41) is 10.3. The highest BCUT2D eigenvalue weighted by Gasteiger charge is 2.12. The molecule has 80 valence electrons. The molecule has 0 spiro atoms. The zero-order valence-electron chi connectivity index (χ0n) is 8.37. The van der Waals surface area contributed by atoms with Crippen molar-refractivity contribution in [2.75, 3.05) is 0 Å². The quantitative estimate of drug-likeness (QED) is 0.722. The number of thiazole rings is 1. The average Bonchev–Trinajstić information content (AvgIpc) is 2.90. The van der Waals surface area contributed by atoms with Gasteiger partial charge in [-0.05, 0) is 12.1 Å². The summed E-state index contributed by atoms with van der Waals surface area (Å²) in [5.74, 6) is 0.819. The zero-order valence-corrected chi connectivity index (χ0v) is 9.18. The predicted molar refractivity (Wildman–Crippen MR) is 62.0 cm³/mol. The Morgan fingerprint density at radius 3 is 2.81 bits per heavy atom. The Balaban J connectivity index is 2.28. The van der Waals surface area contributed by atoms with Gasteiger partial charge in [-0.25, -0.2) is 0 Å². The number of hydrogen-bond acceptors (Lipinski definition) is 5. The van der Waals surface area contributed by atoms with E-state index in [1.165, 1.54) is 0 Å². The molecule has 2 N–H and O–H groups in total. The van der Waals surface area contributed by atoms with Crippen molar-refractivity contribution >= 4 is 16.3 Å². The summed E-state index contributed by atoms with van der Waals surface area (Å²) in [5.41, 5.74) is 7.71. The fraction of sp³-hybridized carbons (Fsp3) is 0.100. The van der Waals surface area contributed by atoms with E-state index >= 15 is 0 Å². The molecule has 6 heteroatoms. The van der Waals surface area contributed by atoms with E-state index in [0.717, 1.165) is 22.0 Å². The molecule has 0 aliphatic heterocycles. The number of nitrogens with zero attached hydrogens (tertiary/aromatic N) is 4. The highest BCUT2D eigenvalue weighted by atomic mass is 32.1. The second-order valence-corrected chi connectivity index (χ2v) is 4.15. The van der Waals surface area contributed by atoms with Crippen LogP contribution in [0.2, 0.25) is 0 Å². The van der Waals surface area contributed by atoms with E-state index in [4.69, 9.17) is 5.73 Å². The lowest BCUT2D eigenvalue weighted by molar-refractivity contribution is 0.962. The maximum absolute atomic E-state index is 5.68. The molecular weight excluding hydrogens is 222 g/mol. The molecule has 0 saturated heterocycles. The highest BCUT2D eigenvalue weighted by molar-refractivity contribution is 7.15. The normalized spacial score (nSPS) is 11.1. The minimum atomic E-state index is 0.482. The monoisotopic (exact) mass is 231 g/mol. The summed E-state index contributed by atoms with van der Waals surface area (Å²) in [6.45, 7) is 0.482. The summed E-state index contributed by atoms with van der Waals surface area (Å²) in [4.78, 5) is 4.85. The van der Waals surface area contributed by atoms with Crippen molar-refractivity contribution in [2.24, 2.45) is 5.73 Å². The number of pyridine rings is 1. The molecule has 0 bridgehead atoms. The van der Waals surface area contributed by atoms with Crippen molar-refractivity contribution in [1.82, 2.24) is 19.6 Å². The first-order valence-corrected chi connectivity index (χ1v) is 5.70. The van der Waals surface area contributed by atoms with E-state index in [9.17, 15) is 0 Å². The van der Waals surface area contributed by atoms with Gasteiger partial charge >= 0.3 is 0 Å². The highest BCUT2D eigenvalue weighted by Crippen LogP contribution is 2.22. The summed E-state index contributed by atoms with van der Waals surface area (Å²) in [6, 6.07) is 3.82. The Labute approximate surface area is 95.6 Å². The Morgan fingerprint density at radius 1 is 1.25 bits per heavy atom. The zero-order chi connectivity index (χ0) is 11.0. The SMILES string of the molecule is NCc1csc2nnc(-c3ccncc3)n12. The second kappa shape index (κ2) is 3.66. The van der Waals surface area contributed by atoms with Crippen molar-refractivity contribution in [3.05, 3.63) is 35.6 Å². The van der Waals surface area contributed by atoms with Gasteiger partial charge in [-0.15, -0.1) is 21.5 Å². The van der Waals surface area contributed by atoms with Crippen LogP contribution in [-0.2, 0) is 6.54 Å². The largest absolute Gasteiger partial charge is 0.325 e. The minimum absolute atomic E-state index is 0.482. The van der Waals surface area contributed by atoms with Crippen LogP contribution in [0.25, 0.3) is 16.3 Å². The molecule has 0 saturated carbocycles. The Morgan fingerprint density at radius 2 is 2.06 bits per heavy atom. The lowest BCUT2D eigenvalue weighted by Gasteiger charge is -1.99. The smallest absolute Gasteiger partial charge is 0.216 e. The van der Waals surface area contributed by atoms with Crippen LogP contribution in [0, 0.1) is 0 Å². The third-order valence-electron chi connectivity index (χ3n) is 2.37. The van der Waals surface area contributed by atoms with E-state index in [0.29, 0.717) is 6.54 Å². The topological polar surface area (TPSA) is 69.1 Å². The lowest BCUT2D eigenvalue weighted by Crippen LogP contribution is -2.01. The molecule has 16 heavy (non-hydrogen) atoms. The van der Waals surface area contributed by atoms with Crippen molar-refractivity contribution in [3.8, 4) is 11.4 Å². The van der Waals surface area contributed by atoms with Gasteiger partial charge in [-0.3, -0.25) is 9.38 Å². The third kappa shape index (κ3) is 1.31. The van der Waals surface area contributed by atoms with Gasteiger partial charge < -0.3 is 5.73 Å². The van der Waals surface area contributed by atoms with Crippen molar-refractivity contribution in [3.63, 3.8) is 0 Å². The first-order chi connectivity index (χ1) is 7.90. The fourth-order valence-corrected chi connectivity index (χ4v) is 2.45. The van der Waals surface area contributed by atoms with Gasteiger partial charge in [0.15, 0.2) is 5.82 Å². The Hall–Kier alpha value is -1.79. The molecule has 0 unspecified atom stereocenters. The molecule has 0 aromatic carbocycles. The minimum Gasteiger partial charge on any atom is -0.325 e.